The Balaban J connectivity index is 2.01. The average Bonchev–Trinajstić information content (AvgIpc) is 2.70. The first-order valence-electron chi connectivity index (χ1n) is 6.08. The second-order valence-electron chi connectivity index (χ2n) is 4.28. The monoisotopic (exact) mass is 354 g/mol. The summed E-state index contributed by atoms with van der Waals surface area (Å²) in [7, 11) is 1.64. The van der Waals surface area contributed by atoms with Crippen LogP contribution < -0.4 is 5.32 Å². The number of thiazole rings is 1. The van der Waals surface area contributed by atoms with Crippen molar-refractivity contribution in [1.82, 2.24) is 4.98 Å². The van der Waals surface area contributed by atoms with E-state index < -0.39 is 0 Å². The van der Waals surface area contributed by atoms with Crippen LogP contribution in [0.15, 0.2) is 28.7 Å². The van der Waals surface area contributed by atoms with Crippen LogP contribution in [0.5, 0.6) is 0 Å². The van der Waals surface area contributed by atoms with E-state index in [-0.39, 0.29) is 5.91 Å². The van der Waals surface area contributed by atoms with Gasteiger partial charge in [-0.15, -0.1) is 11.3 Å². The van der Waals surface area contributed by atoms with E-state index in [9.17, 15) is 4.79 Å². The zero-order valence-electron chi connectivity index (χ0n) is 11.3. The Morgan fingerprint density at radius 1 is 1.50 bits per heavy atom. The molecule has 2 rings (SSSR count). The maximum Gasteiger partial charge on any atom is 0.229 e. The van der Waals surface area contributed by atoms with Crippen LogP contribution >= 0.6 is 27.3 Å². The summed E-state index contributed by atoms with van der Waals surface area (Å²) >= 11 is 4.90. The lowest BCUT2D eigenvalue weighted by Gasteiger charge is -2.04. The first-order valence-corrected chi connectivity index (χ1v) is 7.69. The van der Waals surface area contributed by atoms with Crippen molar-refractivity contribution in [3.05, 3.63) is 44.3 Å². The number of nitrogens with one attached hydrogen (secondary N) is 1. The fourth-order valence-corrected chi connectivity index (χ4v) is 3.19. The lowest BCUT2D eigenvalue weighted by atomic mass is 10.2. The molecule has 1 aromatic carbocycles. The molecule has 0 radical (unpaired) electrons. The number of nitrogens with zero attached hydrogens (tertiary/aromatic N) is 1. The van der Waals surface area contributed by atoms with Gasteiger partial charge in [0, 0.05) is 22.1 Å². The molecular weight excluding hydrogens is 340 g/mol. The summed E-state index contributed by atoms with van der Waals surface area (Å²) in [4.78, 5) is 17.4. The number of hydrogen-bond acceptors (Lipinski definition) is 4. The predicted octanol–water partition coefficient (Wildman–Crippen LogP) is 3.54. The highest BCUT2D eigenvalue weighted by atomic mass is 79.9. The number of rotatable bonds is 5. The van der Waals surface area contributed by atoms with E-state index >= 15 is 0 Å². The van der Waals surface area contributed by atoms with Crippen LogP contribution in [0.3, 0.4) is 0 Å². The fourth-order valence-electron chi connectivity index (χ4n) is 1.75. The fraction of sp³-hybridized carbons (Fsp3) is 0.286. The molecule has 20 heavy (non-hydrogen) atoms. The molecule has 2 aromatic rings. The summed E-state index contributed by atoms with van der Waals surface area (Å²) in [5, 5.41) is 3.78. The molecule has 1 aromatic heterocycles. The molecule has 4 nitrogen and oxygen atoms in total. The SMILES string of the molecule is COCc1nc(C)c(CC(=O)Nc2cccc(Br)c2)s1. The van der Waals surface area contributed by atoms with Crippen molar-refractivity contribution in [2.75, 3.05) is 12.4 Å². The van der Waals surface area contributed by atoms with Gasteiger partial charge >= 0.3 is 0 Å². The van der Waals surface area contributed by atoms with Crippen molar-refractivity contribution in [3.8, 4) is 0 Å². The van der Waals surface area contributed by atoms with Gasteiger partial charge in [-0.25, -0.2) is 4.98 Å². The Bertz CT molecular complexity index is 613. The van der Waals surface area contributed by atoms with Crippen molar-refractivity contribution in [2.45, 2.75) is 20.0 Å². The summed E-state index contributed by atoms with van der Waals surface area (Å²) in [6, 6.07) is 7.53. The van der Waals surface area contributed by atoms with Crippen LogP contribution in [0.4, 0.5) is 5.69 Å². The molecule has 0 aliphatic heterocycles. The van der Waals surface area contributed by atoms with Gasteiger partial charge in [0.1, 0.15) is 5.01 Å². The number of aromatic nitrogens is 1. The minimum atomic E-state index is -0.0428. The van der Waals surface area contributed by atoms with Gasteiger partial charge in [-0.2, -0.15) is 0 Å². The number of hydrogen-bond donors (Lipinski definition) is 1. The average molecular weight is 355 g/mol. The van der Waals surface area contributed by atoms with Crippen LogP contribution in [0.2, 0.25) is 0 Å². The largest absolute Gasteiger partial charge is 0.378 e. The molecular formula is C14H15BrN2O2S. The lowest BCUT2D eigenvalue weighted by Crippen LogP contribution is -2.14. The van der Waals surface area contributed by atoms with Crippen molar-refractivity contribution >= 4 is 38.9 Å². The molecule has 1 amide bonds. The van der Waals surface area contributed by atoms with Crippen molar-refractivity contribution in [1.29, 1.82) is 0 Å². The van der Waals surface area contributed by atoms with Gasteiger partial charge in [-0.1, -0.05) is 22.0 Å². The van der Waals surface area contributed by atoms with Gasteiger partial charge in [0.05, 0.1) is 18.7 Å². The number of carbonyl (C=O) groups is 1. The predicted molar refractivity (Wildman–Crippen MR) is 84.0 cm³/mol. The molecule has 0 fully saturated rings. The number of benzene rings is 1. The molecule has 0 atom stereocenters. The van der Waals surface area contributed by atoms with Crippen molar-refractivity contribution < 1.29 is 9.53 Å². The third-order valence-corrected chi connectivity index (χ3v) is 4.26. The number of aryl methyl sites for hydroxylation is 1. The summed E-state index contributed by atoms with van der Waals surface area (Å²) < 4.78 is 5.99. The highest BCUT2D eigenvalue weighted by molar-refractivity contribution is 9.10. The summed E-state index contributed by atoms with van der Waals surface area (Å²) in [5.41, 5.74) is 1.68. The molecule has 0 saturated carbocycles. The molecule has 0 spiro atoms. The third kappa shape index (κ3) is 4.13. The van der Waals surface area contributed by atoms with E-state index in [4.69, 9.17) is 4.74 Å². The highest BCUT2D eigenvalue weighted by Crippen LogP contribution is 2.20. The summed E-state index contributed by atoms with van der Waals surface area (Å²) in [5.74, 6) is -0.0428. The number of ether oxygens (including phenoxy) is 1. The normalized spacial score (nSPS) is 10.6. The maximum absolute atomic E-state index is 12.0. The molecule has 0 saturated heterocycles. The van der Waals surface area contributed by atoms with Gasteiger partial charge < -0.3 is 10.1 Å². The van der Waals surface area contributed by atoms with Crippen molar-refractivity contribution in [2.24, 2.45) is 0 Å². The van der Waals surface area contributed by atoms with Gasteiger partial charge in [-0.3, -0.25) is 4.79 Å². The molecule has 106 valence electrons. The standard InChI is InChI=1S/C14H15BrN2O2S/c1-9-12(20-14(16-9)8-19-2)7-13(18)17-11-5-3-4-10(15)6-11/h3-6H,7-8H2,1-2H3,(H,17,18). The van der Waals surface area contributed by atoms with Gasteiger partial charge in [0.15, 0.2) is 0 Å². The molecule has 0 aliphatic rings. The van der Waals surface area contributed by atoms with E-state index in [0.717, 1.165) is 25.7 Å². The molecule has 0 unspecified atom stereocenters. The van der Waals surface area contributed by atoms with Gasteiger partial charge in [0.25, 0.3) is 0 Å². The Hall–Kier alpha value is -1.24. The minimum Gasteiger partial charge on any atom is -0.378 e. The van der Waals surface area contributed by atoms with Gasteiger partial charge in [-0.05, 0) is 25.1 Å². The third-order valence-electron chi connectivity index (χ3n) is 2.63. The van der Waals surface area contributed by atoms with E-state index in [1.807, 2.05) is 31.2 Å². The van der Waals surface area contributed by atoms with Gasteiger partial charge in [0.2, 0.25) is 5.91 Å². The van der Waals surface area contributed by atoms with Crippen molar-refractivity contribution in [3.63, 3.8) is 0 Å². The van der Waals surface area contributed by atoms with E-state index in [0.29, 0.717) is 13.0 Å². The Morgan fingerprint density at radius 2 is 2.30 bits per heavy atom. The van der Waals surface area contributed by atoms with Crippen LogP contribution in [0.25, 0.3) is 0 Å². The maximum atomic E-state index is 12.0. The number of carbonyl (C=O) groups excluding carboxylic acids is 1. The van der Waals surface area contributed by atoms with E-state index in [1.54, 1.807) is 7.11 Å². The summed E-state index contributed by atoms with van der Waals surface area (Å²) in [6.45, 7) is 2.40. The molecule has 0 bridgehead atoms. The number of amides is 1. The Kier molecular flexibility index (Phi) is 5.28. The van der Waals surface area contributed by atoms with Crippen LogP contribution in [-0.4, -0.2) is 18.0 Å². The molecule has 1 heterocycles. The Morgan fingerprint density at radius 3 is 3.00 bits per heavy atom. The topological polar surface area (TPSA) is 51.2 Å². The minimum absolute atomic E-state index is 0.0428. The number of methoxy groups -OCH3 is 1. The number of anilines is 1. The number of halogens is 1. The second-order valence-corrected chi connectivity index (χ2v) is 6.37. The molecule has 1 N–H and O–H groups in total. The van der Waals surface area contributed by atoms with Crippen LogP contribution in [0, 0.1) is 6.92 Å². The molecule has 0 aliphatic carbocycles. The summed E-state index contributed by atoms with van der Waals surface area (Å²) in [6.07, 6.45) is 0.333. The quantitative estimate of drug-likeness (QED) is 0.893. The second kappa shape index (κ2) is 6.97. The van der Waals surface area contributed by atoms with E-state index in [1.165, 1.54) is 11.3 Å². The zero-order valence-corrected chi connectivity index (χ0v) is 13.7. The smallest absolute Gasteiger partial charge is 0.229 e. The first kappa shape index (κ1) is 15.2. The first-order chi connectivity index (χ1) is 9.58. The van der Waals surface area contributed by atoms with E-state index in [2.05, 4.69) is 26.2 Å². The molecule has 6 heteroatoms. The Labute approximate surface area is 130 Å². The highest BCUT2D eigenvalue weighted by Gasteiger charge is 2.12. The van der Waals surface area contributed by atoms with Crippen LogP contribution in [-0.2, 0) is 22.6 Å². The van der Waals surface area contributed by atoms with Crippen LogP contribution in [0.1, 0.15) is 15.6 Å². The zero-order chi connectivity index (χ0) is 14.5. The lowest BCUT2D eigenvalue weighted by molar-refractivity contribution is -0.115.